The summed E-state index contributed by atoms with van der Waals surface area (Å²) in [6.07, 6.45) is 16.0. The highest BCUT2D eigenvalue weighted by Gasteiger charge is 2.56. The second-order valence-electron chi connectivity index (χ2n) is 13.3. The zero-order valence-corrected chi connectivity index (χ0v) is 26.6. The summed E-state index contributed by atoms with van der Waals surface area (Å²) in [4.78, 5) is 38.2. The molecule has 6 nitrogen and oxygen atoms in total. The van der Waals surface area contributed by atoms with Gasteiger partial charge in [-0.05, 0) is 87.2 Å². The van der Waals surface area contributed by atoms with E-state index in [1.807, 2.05) is 6.07 Å². The maximum absolute atomic E-state index is 12.9. The molecule has 0 radical (unpaired) electrons. The number of hydrogen-bond acceptors (Lipinski definition) is 6. The molecule has 3 aliphatic carbocycles. The third-order valence-corrected chi connectivity index (χ3v) is 10.4. The molecule has 3 aliphatic rings. The summed E-state index contributed by atoms with van der Waals surface area (Å²) in [6.45, 7) is 8.73. The van der Waals surface area contributed by atoms with Gasteiger partial charge in [-0.25, -0.2) is 0 Å². The van der Waals surface area contributed by atoms with Crippen LogP contribution in [0, 0.1) is 17.3 Å². The van der Waals surface area contributed by atoms with Gasteiger partial charge < -0.3 is 14.2 Å². The van der Waals surface area contributed by atoms with Crippen LogP contribution >= 0.6 is 0 Å². The lowest BCUT2D eigenvalue weighted by Gasteiger charge is -2.50. The molecule has 2 saturated carbocycles. The molecular weight excluding hydrogens is 528 g/mol. The number of fused-ring (bicyclic) bond motifs is 5. The Hall–Kier alpha value is -2.37. The Morgan fingerprint density at radius 2 is 1.38 bits per heavy atom. The summed E-state index contributed by atoms with van der Waals surface area (Å²) in [7, 11) is 0. The maximum atomic E-state index is 12.9. The van der Waals surface area contributed by atoms with E-state index >= 15 is 0 Å². The largest absolute Gasteiger partial charge is 0.462 e. The Morgan fingerprint density at radius 1 is 0.762 bits per heavy atom. The van der Waals surface area contributed by atoms with Crippen LogP contribution in [-0.4, -0.2) is 24.0 Å². The lowest BCUT2D eigenvalue weighted by Crippen LogP contribution is -2.45. The summed E-state index contributed by atoms with van der Waals surface area (Å²) >= 11 is 0. The Bertz CT molecular complexity index is 1080. The van der Waals surface area contributed by atoms with E-state index in [1.54, 1.807) is 6.07 Å². The molecule has 0 unspecified atom stereocenters. The van der Waals surface area contributed by atoms with Crippen LogP contribution in [0.2, 0.25) is 0 Å². The van der Waals surface area contributed by atoms with Gasteiger partial charge in [0.1, 0.15) is 17.6 Å². The number of carbonyl (C=O) groups is 3. The van der Waals surface area contributed by atoms with Gasteiger partial charge in [0.05, 0.1) is 0 Å². The molecule has 6 heteroatoms. The smallest absolute Gasteiger partial charge is 0.311 e. The average Bonchev–Trinajstić information content (AvgIpc) is 3.29. The first kappa shape index (κ1) is 32.5. The van der Waals surface area contributed by atoms with Crippen LogP contribution in [0.15, 0.2) is 12.1 Å². The predicted molar refractivity (Wildman–Crippen MR) is 165 cm³/mol. The fourth-order valence-corrected chi connectivity index (χ4v) is 8.08. The molecule has 1 aromatic rings. The molecule has 0 saturated heterocycles. The Morgan fingerprint density at radius 3 is 2.02 bits per heavy atom. The number of ether oxygens (including phenoxy) is 3. The first-order valence-corrected chi connectivity index (χ1v) is 17.1. The van der Waals surface area contributed by atoms with Crippen molar-refractivity contribution in [1.82, 2.24) is 0 Å². The number of benzene rings is 1. The highest BCUT2D eigenvalue weighted by molar-refractivity contribution is 5.75. The van der Waals surface area contributed by atoms with Crippen molar-refractivity contribution in [2.24, 2.45) is 17.3 Å². The molecule has 5 atom stereocenters. The van der Waals surface area contributed by atoms with E-state index in [2.05, 4.69) is 27.7 Å². The van der Waals surface area contributed by atoms with Crippen molar-refractivity contribution in [3.05, 3.63) is 23.3 Å². The molecule has 42 heavy (non-hydrogen) atoms. The lowest BCUT2D eigenvalue weighted by atomic mass is 9.55. The van der Waals surface area contributed by atoms with Gasteiger partial charge in [0.2, 0.25) is 0 Å². The van der Waals surface area contributed by atoms with Gasteiger partial charge in [0.25, 0.3) is 0 Å². The van der Waals surface area contributed by atoms with Gasteiger partial charge in [0.15, 0.2) is 0 Å². The Kier molecular flexibility index (Phi) is 11.9. The quantitative estimate of drug-likeness (QED) is 0.117. The number of aryl methyl sites for hydroxylation is 1. The molecule has 0 spiro atoms. The molecule has 0 aromatic heterocycles. The van der Waals surface area contributed by atoms with Gasteiger partial charge in [-0.2, -0.15) is 0 Å². The minimum absolute atomic E-state index is 0.00988. The van der Waals surface area contributed by atoms with Crippen LogP contribution < -0.4 is 9.47 Å². The molecule has 4 rings (SSSR count). The molecule has 0 bridgehead atoms. The van der Waals surface area contributed by atoms with E-state index in [0.717, 1.165) is 107 Å². The number of hydrogen-bond donors (Lipinski definition) is 0. The summed E-state index contributed by atoms with van der Waals surface area (Å²) in [5, 5.41) is 0. The van der Waals surface area contributed by atoms with E-state index in [9.17, 15) is 14.4 Å². The second-order valence-corrected chi connectivity index (χ2v) is 13.3. The summed E-state index contributed by atoms with van der Waals surface area (Å²) in [5.41, 5.74) is 2.28. The molecule has 0 N–H and O–H groups in total. The second kappa shape index (κ2) is 15.4. The zero-order valence-electron chi connectivity index (χ0n) is 26.6. The van der Waals surface area contributed by atoms with E-state index in [-0.39, 0.29) is 29.4 Å². The molecule has 0 aliphatic heterocycles. The third-order valence-electron chi connectivity index (χ3n) is 10.4. The normalized spacial score (nSPS) is 26.1. The van der Waals surface area contributed by atoms with Crippen LogP contribution in [0.25, 0.3) is 0 Å². The lowest BCUT2D eigenvalue weighted by molar-refractivity contribution is -0.157. The molecule has 1 aromatic carbocycles. The number of unbranched alkanes of at least 4 members (excludes halogenated alkanes) is 6. The standard InChI is InChI=1S/C36H54O6/c1-5-8-11-14-32(37)40-26-23-25-17-18-27-28(35(25)30(24-26)41-33(38)15-12-9-6-2)21-22-36(4)29(27)19-20-31(36)42-34(39)16-13-10-7-3/h23-24,27-29,31H,5-22H2,1-4H3/t27-,28-,29-,31-,36-/m0/s1. The molecular formula is C36H54O6. The number of rotatable bonds is 15. The number of esters is 3. The molecule has 0 heterocycles. The van der Waals surface area contributed by atoms with E-state index in [4.69, 9.17) is 14.2 Å². The van der Waals surface area contributed by atoms with Crippen LogP contribution in [0.4, 0.5) is 0 Å². The van der Waals surface area contributed by atoms with Gasteiger partial charge in [0, 0.05) is 36.3 Å². The van der Waals surface area contributed by atoms with Crippen molar-refractivity contribution in [3.8, 4) is 11.5 Å². The monoisotopic (exact) mass is 582 g/mol. The van der Waals surface area contributed by atoms with Crippen molar-refractivity contribution in [3.63, 3.8) is 0 Å². The van der Waals surface area contributed by atoms with Crippen molar-refractivity contribution in [2.75, 3.05) is 0 Å². The van der Waals surface area contributed by atoms with Crippen LogP contribution in [0.1, 0.15) is 154 Å². The fraction of sp³-hybridized carbons (Fsp3) is 0.750. The summed E-state index contributed by atoms with van der Waals surface area (Å²) in [5.74, 6) is 1.81. The van der Waals surface area contributed by atoms with Gasteiger partial charge in [-0.1, -0.05) is 66.2 Å². The number of carbonyl (C=O) groups excluding carboxylic acids is 3. The Labute approximate surface area is 253 Å². The maximum Gasteiger partial charge on any atom is 0.311 e. The minimum atomic E-state index is -0.230. The van der Waals surface area contributed by atoms with Gasteiger partial charge in [-0.15, -0.1) is 0 Å². The van der Waals surface area contributed by atoms with Crippen molar-refractivity contribution >= 4 is 17.9 Å². The molecule has 2 fully saturated rings. The van der Waals surface area contributed by atoms with Gasteiger partial charge in [-0.3, -0.25) is 14.4 Å². The van der Waals surface area contributed by atoms with Crippen LogP contribution in [0.5, 0.6) is 11.5 Å². The highest BCUT2D eigenvalue weighted by Crippen LogP contribution is 2.62. The molecule has 234 valence electrons. The first-order valence-electron chi connectivity index (χ1n) is 17.1. The predicted octanol–water partition coefficient (Wildman–Crippen LogP) is 9.01. The van der Waals surface area contributed by atoms with E-state index in [1.165, 1.54) is 0 Å². The minimum Gasteiger partial charge on any atom is -0.462 e. The first-order chi connectivity index (χ1) is 20.3. The average molecular weight is 583 g/mol. The topological polar surface area (TPSA) is 78.9 Å². The van der Waals surface area contributed by atoms with Crippen molar-refractivity contribution in [1.29, 1.82) is 0 Å². The summed E-state index contributed by atoms with van der Waals surface area (Å²) in [6, 6.07) is 3.81. The van der Waals surface area contributed by atoms with Crippen molar-refractivity contribution in [2.45, 2.75) is 155 Å². The SMILES string of the molecule is CCCCCC(=O)Oc1cc2c(c(OC(=O)CCCCC)c1)[C@H]1CC[C@]3(C)[C@@H](OC(=O)CCCCC)CC[C@H]3[C@H]1CC2. The van der Waals surface area contributed by atoms with Crippen molar-refractivity contribution < 1.29 is 28.6 Å². The zero-order chi connectivity index (χ0) is 30.1. The summed E-state index contributed by atoms with van der Waals surface area (Å²) < 4.78 is 18.0. The van der Waals surface area contributed by atoms with Gasteiger partial charge >= 0.3 is 17.9 Å². The van der Waals surface area contributed by atoms with E-state index in [0.29, 0.717) is 48.5 Å². The van der Waals surface area contributed by atoms with Crippen LogP contribution in [0.3, 0.4) is 0 Å². The highest BCUT2D eigenvalue weighted by atomic mass is 16.6. The van der Waals surface area contributed by atoms with Crippen LogP contribution in [-0.2, 0) is 25.5 Å². The van der Waals surface area contributed by atoms with E-state index < -0.39 is 0 Å². The third kappa shape index (κ3) is 7.77. The molecule has 0 amide bonds. The Balaban J connectivity index is 1.54. The fourth-order valence-electron chi connectivity index (χ4n) is 8.08.